The van der Waals surface area contributed by atoms with E-state index in [1.54, 1.807) is 24.3 Å². The number of allylic oxidation sites excluding steroid dienone is 1. The van der Waals surface area contributed by atoms with Crippen LogP contribution in [0.4, 0.5) is 0 Å². The lowest BCUT2D eigenvalue weighted by Gasteiger charge is -2.18. The van der Waals surface area contributed by atoms with E-state index >= 15 is 0 Å². The lowest BCUT2D eigenvalue weighted by molar-refractivity contribution is 0.475. The Labute approximate surface area is 173 Å². The fourth-order valence-corrected chi connectivity index (χ4v) is 4.05. The Morgan fingerprint density at radius 1 is 0.793 bits per heavy atom. The third-order valence-electron chi connectivity index (χ3n) is 4.93. The summed E-state index contributed by atoms with van der Waals surface area (Å²) < 4.78 is 23.7. The van der Waals surface area contributed by atoms with E-state index in [1.165, 1.54) is 11.8 Å². The highest BCUT2D eigenvalue weighted by Crippen LogP contribution is 2.36. The predicted molar refractivity (Wildman–Crippen MR) is 120 cm³/mol. The Morgan fingerprint density at radius 3 is 1.90 bits per heavy atom. The van der Waals surface area contributed by atoms with Crippen molar-refractivity contribution in [3.63, 3.8) is 0 Å². The second kappa shape index (κ2) is 9.10. The zero-order valence-electron chi connectivity index (χ0n) is 16.8. The van der Waals surface area contributed by atoms with E-state index in [9.17, 15) is 13.5 Å². The van der Waals surface area contributed by atoms with Crippen molar-refractivity contribution in [2.24, 2.45) is 0 Å². The predicted octanol–water partition coefficient (Wildman–Crippen LogP) is 5.95. The van der Waals surface area contributed by atoms with Crippen LogP contribution in [-0.4, -0.2) is 19.8 Å². The summed E-state index contributed by atoms with van der Waals surface area (Å²) >= 11 is 0. The van der Waals surface area contributed by atoms with E-state index in [-0.39, 0.29) is 5.75 Å². The Morgan fingerprint density at radius 2 is 1.34 bits per heavy atom. The topological polar surface area (TPSA) is 54.4 Å². The number of phenolic OH excluding ortho intramolecular Hbond substituents is 1. The molecule has 0 spiro atoms. The van der Waals surface area contributed by atoms with E-state index in [2.05, 4.69) is 19.1 Å². The molecule has 0 unspecified atom stereocenters. The molecule has 0 atom stereocenters. The van der Waals surface area contributed by atoms with E-state index < -0.39 is 9.84 Å². The number of unbranched alkanes of at least 4 members (excludes halogenated alkanes) is 1. The van der Waals surface area contributed by atoms with Gasteiger partial charge in [-0.3, -0.25) is 0 Å². The average molecular weight is 407 g/mol. The molecule has 29 heavy (non-hydrogen) atoms. The minimum Gasteiger partial charge on any atom is -0.508 e. The molecule has 0 radical (unpaired) electrons. The normalized spacial score (nSPS) is 12.5. The van der Waals surface area contributed by atoms with E-state index in [1.807, 2.05) is 42.5 Å². The summed E-state index contributed by atoms with van der Waals surface area (Å²) in [5.74, 6) is 0.230. The number of phenols is 1. The molecule has 0 fully saturated rings. The number of hydrogen-bond acceptors (Lipinski definition) is 3. The molecule has 0 aromatic heterocycles. The fourth-order valence-electron chi connectivity index (χ4n) is 3.42. The SMILES string of the molecule is CCCC/C(=C(\c1ccccc1)c1ccc(O)cc1)c1ccc(S(C)(=O)=O)cc1. The number of rotatable bonds is 7. The molecular formula is C25H26O3S. The largest absolute Gasteiger partial charge is 0.508 e. The first-order valence-corrected chi connectivity index (χ1v) is 11.7. The van der Waals surface area contributed by atoms with Gasteiger partial charge in [0, 0.05) is 6.26 Å². The third-order valence-corrected chi connectivity index (χ3v) is 6.06. The molecule has 0 aliphatic rings. The monoisotopic (exact) mass is 406 g/mol. The van der Waals surface area contributed by atoms with E-state index in [0.29, 0.717) is 4.90 Å². The van der Waals surface area contributed by atoms with Crippen LogP contribution in [0, 0.1) is 0 Å². The van der Waals surface area contributed by atoms with Crippen LogP contribution in [0.25, 0.3) is 11.1 Å². The summed E-state index contributed by atoms with van der Waals surface area (Å²) in [4.78, 5) is 0.321. The molecule has 0 saturated carbocycles. The summed E-state index contributed by atoms with van der Waals surface area (Å²) in [6.07, 6.45) is 4.18. The Bertz CT molecular complexity index is 1080. The first kappa shape index (κ1) is 20.9. The summed E-state index contributed by atoms with van der Waals surface area (Å²) in [6, 6.07) is 24.6. The van der Waals surface area contributed by atoms with Crippen LogP contribution in [0.5, 0.6) is 5.75 Å². The standard InChI is InChI=1S/C25H26O3S/c1-3-4-10-24(19-13-17-23(18-14-19)29(2,27)28)25(20-8-6-5-7-9-20)21-11-15-22(26)16-12-21/h5-9,11-18,26H,3-4,10H2,1-2H3/b25-24-. The average Bonchev–Trinajstić information content (AvgIpc) is 2.72. The molecular weight excluding hydrogens is 380 g/mol. The number of sulfone groups is 1. The molecule has 0 amide bonds. The number of hydrogen-bond donors (Lipinski definition) is 1. The second-order valence-corrected chi connectivity index (χ2v) is 9.18. The molecule has 3 aromatic rings. The van der Waals surface area contributed by atoms with Crippen molar-refractivity contribution < 1.29 is 13.5 Å². The van der Waals surface area contributed by atoms with Gasteiger partial charge in [0.15, 0.2) is 9.84 Å². The summed E-state index contributed by atoms with van der Waals surface area (Å²) in [7, 11) is -3.24. The van der Waals surface area contributed by atoms with Crippen molar-refractivity contribution in [2.75, 3.05) is 6.26 Å². The molecule has 3 nitrogen and oxygen atoms in total. The quantitative estimate of drug-likeness (QED) is 0.494. The van der Waals surface area contributed by atoms with Crippen molar-refractivity contribution in [1.29, 1.82) is 0 Å². The molecule has 4 heteroatoms. The van der Waals surface area contributed by atoms with Crippen LogP contribution in [0.3, 0.4) is 0 Å². The molecule has 0 bridgehead atoms. The molecule has 150 valence electrons. The summed E-state index contributed by atoms with van der Waals surface area (Å²) in [6.45, 7) is 2.16. The van der Waals surface area contributed by atoms with Gasteiger partial charge in [-0.2, -0.15) is 0 Å². The minimum atomic E-state index is -3.24. The van der Waals surface area contributed by atoms with Gasteiger partial charge in [0.1, 0.15) is 5.75 Å². The zero-order chi connectivity index (χ0) is 20.9. The van der Waals surface area contributed by atoms with Gasteiger partial charge in [0.25, 0.3) is 0 Å². The fraction of sp³-hybridized carbons (Fsp3) is 0.200. The molecule has 1 N–H and O–H groups in total. The van der Waals surface area contributed by atoms with Gasteiger partial charge in [-0.05, 0) is 64.9 Å². The minimum absolute atomic E-state index is 0.230. The second-order valence-electron chi connectivity index (χ2n) is 7.17. The van der Waals surface area contributed by atoms with Crippen molar-refractivity contribution >= 4 is 21.0 Å². The first-order chi connectivity index (χ1) is 13.9. The van der Waals surface area contributed by atoms with Gasteiger partial charge >= 0.3 is 0 Å². The van der Waals surface area contributed by atoms with Crippen LogP contribution in [0.15, 0.2) is 83.8 Å². The van der Waals surface area contributed by atoms with Crippen molar-refractivity contribution in [3.8, 4) is 5.75 Å². The first-order valence-electron chi connectivity index (χ1n) is 9.78. The maximum atomic E-state index is 11.9. The van der Waals surface area contributed by atoms with Crippen molar-refractivity contribution in [1.82, 2.24) is 0 Å². The third kappa shape index (κ3) is 5.15. The van der Waals surface area contributed by atoms with Gasteiger partial charge in [0.05, 0.1) is 4.90 Å². The molecule has 0 aliphatic heterocycles. The van der Waals surface area contributed by atoms with Crippen LogP contribution < -0.4 is 0 Å². The van der Waals surface area contributed by atoms with Gasteiger partial charge in [-0.1, -0.05) is 67.9 Å². The van der Waals surface area contributed by atoms with Gasteiger partial charge < -0.3 is 5.11 Å². The van der Waals surface area contributed by atoms with E-state index in [0.717, 1.165) is 41.5 Å². The molecule has 0 aliphatic carbocycles. The lowest BCUT2D eigenvalue weighted by atomic mass is 9.87. The maximum absolute atomic E-state index is 11.9. The number of benzene rings is 3. The van der Waals surface area contributed by atoms with Crippen molar-refractivity contribution in [3.05, 3.63) is 95.6 Å². The van der Waals surface area contributed by atoms with Crippen LogP contribution in [0.1, 0.15) is 42.9 Å². The van der Waals surface area contributed by atoms with Gasteiger partial charge in [0.2, 0.25) is 0 Å². The Kier molecular flexibility index (Phi) is 6.55. The molecule has 0 heterocycles. The van der Waals surface area contributed by atoms with Gasteiger partial charge in [-0.15, -0.1) is 0 Å². The smallest absolute Gasteiger partial charge is 0.175 e. The highest BCUT2D eigenvalue weighted by atomic mass is 32.2. The highest BCUT2D eigenvalue weighted by Gasteiger charge is 2.15. The highest BCUT2D eigenvalue weighted by molar-refractivity contribution is 7.90. The lowest BCUT2D eigenvalue weighted by Crippen LogP contribution is -1.99. The zero-order valence-corrected chi connectivity index (χ0v) is 17.6. The summed E-state index contributed by atoms with van der Waals surface area (Å²) in [5.41, 5.74) is 5.40. The van der Waals surface area contributed by atoms with Gasteiger partial charge in [-0.25, -0.2) is 8.42 Å². The maximum Gasteiger partial charge on any atom is 0.175 e. The summed E-state index contributed by atoms with van der Waals surface area (Å²) in [5, 5.41) is 9.74. The van der Waals surface area contributed by atoms with Crippen molar-refractivity contribution in [2.45, 2.75) is 31.1 Å². The van der Waals surface area contributed by atoms with Crippen LogP contribution >= 0.6 is 0 Å². The molecule has 0 saturated heterocycles. The van der Waals surface area contributed by atoms with Crippen LogP contribution in [0.2, 0.25) is 0 Å². The molecule has 3 rings (SSSR count). The number of aromatic hydroxyl groups is 1. The Balaban J connectivity index is 2.24. The van der Waals surface area contributed by atoms with E-state index in [4.69, 9.17) is 0 Å². The Hall–Kier alpha value is -2.85. The van der Waals surface area contributed by atoms with Crippen LogP contribution in [-0.2, 0) is 9.84 Å². The molecule has 3 aromatic carbocycles.